The molecule has 1 aliphatic rings. The molecule has 0 spiro atoms. The monoisotopic (exact) mass is 408 g/mol. The van der Waals surface area contributed by atoms with Gasteiger partial charge in [-0.25, -0.2) is 8.42 Å². The Hall–Kier alpha value is -2.20. The molecule has 2 aromatic rings. The van der Waals surface area contributed by atoms with E-state index in [0.29, 0.717) is 25.1 Å². The summed E-state index contributed by atoms with van der Waals surface area (Å²) in [6.45, 7) is 6.15. The van der Waals surface area contributed by atoms with E-state index in [-0.39, 0.29) is 29.3 Å². The molecule has 3 rings (SSSR count). The Morgan fingerprint density at radius 1 is 1.32 bits per heavy atom. The quantitative estimate of drug-likeness (QED) is 0.797. The second-order valence-corrected chi connectivity index (χ2v) is 9.40. The van der Waals surface area contributed by atoms with Gasteiger partial charge >= 0.3 is 0 Å². The zero-order valence-electron chi connectivity index (χ0n) is 17.0. The van der Waals surface area contributed by atoms with Gasteiger partial charge in [0.05, 0.1) is 29.5 Å². The van der Waals surface area contributed by atoms with Gasteiger partial charge in [0.1, 0.15) is 4.90 Å². The molecule has 1 saturated heterocycles. The van der Waals surface area contributed by atoms with Gasteiger partial charge in [-0.05, 0) is 33.6 Å². The molecule has 1 N–H and O–H groups in total. The largest absolute Gasteiger partial charge is 0.349 e. The highest BCUT2D eigenvalue weighted by Crippen LogP contribution is 2.26. The molecule has 1 amide bonds. The van der Waals surface area contributed by atoms with Crippen molar-refractivity contribution >= 4 is 15.9 Å². The molecule has 1 fully saturated rings. The van der Waals surface area contributed by atoms with Gasteiger partial charge in [0.2, 0.25) is 15.9 Å². The van der Waals surface area contributed by atoms with E-state index in [1.54, 1.807) is 23.3 Å². The lowest BCUT2D eigenvalue weighted by Crippen LogP contribution is -2.45. The maximum absolute atomic E-state index is 13.0. The van der Waals surface area contributed by atoms with E-state index in [2.05, 4.69) is 15.5 Å². The molecule has 28 heavy (non-hydrogen) atoms. The van der Waals surface area contributed by atoms with Crippen molar-refractivity contribution in [1.29, 1.82) is 0 Å². The van der Waals surface area contributed by atoms with Crippen LogP contribution in [0.5, 0.6) is 0 Å². The molecule has 154 valence electrons. The summed E-state index contributed by atoms with van der Waals surface area (Å²) in [4.78, 5) is 13.0. The Bertz CT molecular complexity index is 978. The molecule has 9 nitrogen and oxygen atoms in total. The number of aromatic nitrogens is 4. The third-order valence-electron chi connectivity index (χ3n) is 5.44. The lowest BCUT2D eigenvalue weighted by Gasteiger charge is -2.31. The Morgan fingerprint density at radius 3 is 2.61 bits per heavy atom. The minimum Gasteiger partial charge on any atom is -0.349 e. The number of nitrogens with one attached hydrogen (secondary N) is 1. The first-order valence-electron chi connectivity index (χ1n) is 9.40. The molecule has 3 heterocycles. The molecule has 1 aliphatic heterocycles. The summed E-state index contributed by atoms with van der Waals surface area (Å²) < 4.78 is 30.7. The van der Waals surface area contributed by atoms with Gasteiger partial charge < -0.3 is 5.32 Å². The second kappa shape index (κ2) is 7.67. The van der Waals surface area contributed by atoms with Gasteiger partial charge in [-0.2, -0.15) is 14.5 Å². The van der Waals surface area contributed by atoms with Crippen LogP contribution in [-0.4, -0.2) is 51.3 Å². The number of rotatable bonds is 5. The van der Waals surface area contributed by atoms with E-state index in [9.17, 15) is 13.2 Å². The van der Waals surface area contributed by atoms with Crippen molar-refractivity contribution in [2.45, 2.75) is 44.6 Å². The first-order valence-corrected chi connectivity index (χ1v) is 10.8. The standard InChI is InChI=1S/C18H28N6O3S/c1-12(16-11-22(4)21-13(16)2)20-18(25)15-7-6-8-24(10-15)28(26,27)17-9-19-23(5)14(17)3/h9,11-12,15H,6-8,10H2,1-5H3,(H,20,25)/t12-,15-/m0/s1. The van der Waals surface area contributed by atoms with E-state index in [1.165, 1.54) is 10.5 Å². The fraction of sp³-hybridized carbons (Fsp3) is 0.611. The molecule has 0 saturated carbocycles. The number of piperidine rings is 1. The fourth-order valence-electron chi connectivity index (χ4n) is 3.70. The van der Waals surface area contributed by atoms with Crippen molar-refractivity contribution in [3.05, 3.63) is 29.3 Å². The maximum atomic E-state index is 13.0. The summed E-state index contributed by atoms with van der Waals surface area (Å²) in [6.07, 6.45) is 4.59. The van der Waals surface area contributed by atoms with Crippen molar-refractivity contribution in [3.8, 4) is 0 Å². The highest BCUT2D eigenvalue weighted by atomic mass is 32.2. The van der Waals surface area contributed by atoms with Crippen molar-refractivity contribution in [2.24, 2.45) is 20.0 Å². The fourth-order valence-corrected chi connectivity index (χ4v) is 5.41. The van der Waals surface area contributed by atoms with E-state index in [1.807, 2.05) is 27.1 Å². The summed E-state index contributed by atoms with van der Waals surface area (Å²) in [5.41, 5.74) is 2.42. The predicted octanol–water partition coefficient (Wildman–Crippen LogP) is 1.05. The van der Waals surface area contributed by atoms with Crippen molar-refractivity contribution < 1.29 is 13.2 Å². The highest BCUT2D eigenvalue weighted by Gasteiger charge is 2.35. The topological polar surface area (TPSA) is 102 Å². The average Bonchev–Trinajstić information content (AvgIpc) is 3.16. The Labute approximate surface area is 165 Å². The third kappa shape index (κ3) is 3.83. The van der Waals surface area contributed by atoms with Gasteiger partial charge in [0.25, 0.3) is 0 Å². The molecular formula is C18H28N6O3S. The van der Waals surface area contributed by atoms with E-state index < -0.39 is 10.0 Å². The summed E-state index contributed by atoms with van der Waals surface area (Å²) in [5.74, 6) is -0.501. The van der Waals surface area contributed by atoms with Crippen LogP contribution >= 0.6 is 0 Å². The van der Waals surface area contributed by atoms with E-state index in [4.69, 9.17) is 0 Å². The van der Waals surface area contributed by atoms with Crippen LogP contribution in [0.2, 0.25) is 0 Å². The van der Waals surface area contributed by atoms with Crippen LogP contribution in [0.15, 0.2) is 17.3 Å². The van der Waals surface area contributed by atoms with Crippen molar-refractivity contribution in [3.63, 3.8) is 0 Å². The maximum Gasteiger partial charge on any atom is 0.246 e. The molecule has 0 aliphatic carbocycles. The zero-order valence-corrected chi connectivity index (χ0v) is 17.8. The average molecular weight is 409 g/mol. The van der Waals surface area contributed by atoms with Crippen LogP contribution < -0.4 is 5.32 Å². The normalized spacial score (nSPS) is 19.5. The molecule has 0 aromatic carbocycles. The van der Waals surface area contributed by atoms with E-state index in [0.717, 1.165) is 11.3 Å². The van der Waals surface area contributed by atoms with Gasteiger partial charge in [-0.3, -0.25) is 14.2 Å². The minimum atomic E-state index is -3.67. The third-order valence-corrected chi connectivity index (χ3v) is 7.41. The number of amides is 1. The Morgan fingerprint density at radius 2 is 2.04 bits per heavy atom. The second-order valence-electron chi connectivity index (χ2n) is 7.49. The Balaban J connectivity index is 1.71. The zero-order chi connectivity index (χ0) is 20.6. The van der Waals surface area contributed by atoms with Crippen LogP contribution in [0, 0.1) is 19.8 Å². The van der Waals surface area contributed by atoms with Crippen molar-refractivity contribution in [2.75, 3.05) is 13.1 Å². The highest BCUT2D eigenvalue weighted by molar-refractivity contribution is 7.89. The SMILES string of the molecule is Cc1nn(C)cc1[C@H](C)NC(=O)[C@H]1CCCN(S(=O)(=O)c2cnn(C)c2C)C1. The number of sulfonamides is 1. The molecule has 2 aromatic heterocycles. The number of aryl methyl sites for hydroxylation is 3. The molecular weight excluding hydrogens is 380 g/mol. The van der Waals surface area contributed by atoms with Gasteiger partial charge in [0, 0.05) is 38.9 Å². The summed E-state index contributed by atoms with van der Waals surface area (Å²) in [6, 6.07) is -0.186. The first-order chi connectivity index (χ1) is 13.1. The van der Waals surface area contributed by atoms with Crippen LogP contribution in [0.25, 0.3) is 0 Å². The van der Waals surface area contributed by atoms with Crippen LogP contribution in [0.4, 0.5) is 0 Å². The molecule has 0 radical (unpaired) electrons. The van der Waals surface area contributed by atoms with Crippen LogP contribution in [0.3, 0.4) is 0 Å². The summed E-state index contributed by atoms with van der Waals surface area (Å²) in [5, 5.41) is 11.4. The lowest BCUT2D eigenvalue weighted by molar-refractivity contribution is -0.126. The number of hydrogen-bond donors (Lipinski definition) is 1. The molecule has 2 atom stereocenters. The molecule has 10 heteroatoms. The lowest BCUT2D eigenvalue weighted by atomic mass is 9.98. The van der Waals surface area contributed by atoms with Crippen LogP contribution in [-0.2, 0) is 28.9 Å². The minimum absolute atomic E-state index is 0.126. The molecule has 0 unspecified atom stereocenters. The smallest absolute Gasteiger partial charge is 0.246 e. The van der Waals surface area contributed by atoms with Crippen LogP contribution in [0.1, 0.15) is 42.8 Å². The number of hydrogen-bond acceptors (Lipinski definition) is 5. The predicted molar refractivity (Wildman–Crippen MR) is 104 cm³/mol. The number of carbonyl (C=O) groups excluding carboxylic acids is 1. The van der Waals surface area contributed by atoms with Gasteiger partial charge in [-0.15, -0.1) is 0 Å². The van der Waals surface area contributed by atoms with Crippen molar-refractivity contribution in [1.82, 2.24) is 29.2 Å². The van der Waals surface area contributed by atoms with Gasteiger partial charge in [0.15, 0.2) is 0 Å². The molecule has 0 bridgehead atoms. The Kier molecular flexibility index (Phi) is 5.62. The summed E-state index contributed by atoms with van der Waals surface area (Å²) >= 11 is 0. The summed E-state index contributed by atoms with van der Waals surface area (Å²) in [7, 11) is -0.112. The number of carbonyl (C=O) groups is 1. The van der Waals surface area contributed by atoms with E-state index >= 15 is 0 Å². The number of nitrogens with zero attached hydrogens (tertiary/aromatic N) is 5. The van der Waals surface area contributed by atoms with Gasteiger partial charge in [-0.1, -0.05) is 0 Å². The first kappa shape index (κ1) is 20.5.